The van der Waals surface area contributed by atoms with Crippen LogP contribution in [0.5, 0.6) is 5.88 Å². The molecule has 7 heteroatoms. The lowest BCUT2D eigenvalue weighted by molar-refractivity contribution is -0.129. The van der Waals surface area contributed by atoms with E-state index in [1.807, 2.05) is 58.0 Å². The van der Waals surface area contributed by atoms with Gasteiger partial charge in [-0.1, -0.05) is 48.0 Å². The highest BCUT2D eigenvalue weighted by atomic mass is 32.2. The maximum Gasteiger partial charge on any atom is 0.337 e. The van der Waals surface area contributed by atoms with Gasteiger partial charge in [-0.15, -0.1) is 0 Å². The van der Waals surface area contributed by atoms with Crippen LogP contribution in [-0.2, 0) is 20.2 Å². The molecule has 31 heavy (non-hydrogen) atoms. The van der Waals surface area contributed by atoms with Crippen molar-refractivity contribution in [3.8, 4) is 5.88 Å². The van der Waals surface area contributed by atoms with Crippen molar-refractivity contribution in [2.45, 2.75) is 49.9 Å². The van der Waals surface area contributed by atoms with Crippen LogP contribution in [0.2, 0.25) is 0 Å². The minimum atomic E-state index is -3.95. The molecular formula is C24H26N2O4S. The van der Waals surface area contributed by atoms with Gasteiger partial charge in [0.25, 0.3) is 0 Å². The number of aryl methyl sites for hydroxylation is 2. The van der Waals surface area contributed by atoms with E-state index in [-0.39, 0.29) is 21.4 Å². The predicted octanol–water partition coefficient (Wildman–Crippen LogP) is 4.71. The number of hydrogen-bond acceptors (Lipinski definition) is 5. The molecule has 0 saturated carbocycles. The largest absolute Gasteiger partial charge is 0.403 e. The van der Waals surface area contributed by atoms with E-state index in [4.69, 9.17) is 4.74 Å². The summed E-state index contributed by atoms with van der Waals surface area (Å²) < 4.78 is 33.9. The Morgan fingerprint density at radius 2 is 1.61 bits per heavy atom. The molecular weight excluding hydrogens is 412 g/mol. The molecule has 2 aromatic carbocycles. The molecule has 162 valence electrons. The molecule has 0 fully saturated rings. The molecule has 1 aromatic heterocycles. The lowest BCUT2D eigenvalue weighted by Gasteiger charge is -2.21. The first-order chi connectivity index (χ1) is 14.5. The van der Waals surface area contributed by atoms with Crippen LogP contribution in [0.3, 0.4) is 0 Å². The second-order valence-electron chi connectivity index (χ2n) is 8.28. The van der Waals surface area contributed by atoms with E-state index in [0.29, 0.717) is 0 Å². The van der Waals surface area contributed by atoms with Crippen molar-refractivity contribution in [1.29, 1.82) is 0 Å². The van der Waals surface area contributed by atoms with Gasteiger partial charge in [-0.05, 0) is 58.4 Å². The zero-order chi connectivity index (χ0) is 22.8. The number of carbonyl (C=O) groups excluding carboxylic acids is 1. The van der Waals surface area contributed by atoms with E-state index in [2.05, 4.69) is 5.10 Å². The maximum absolute atomic E-state index is 13.4. The Labute approximate surface area is 183 Å². The Morgan fingerprint density at radius 1 is 1.00 bits per heavy atom. The molecule has 0 atom stereocenters. The molecule has 6 nitrogen and oxygen atoms in total. The number of nitrogens with zero attached hydrogens (tertiary/aromatic N) is 2. The average Bonchev–Trinajstić information content (AvgIpc) is 3.04. The summed E-state index contributed by atoms with van der Waals surface area (Å²) in [6, 6.07) is 15.8. The Bertz CT molecular complexity index is 1220. The molecule has 0 saturated heterocycles. The van der Waals surface area contributed by atoms with Gasteiger partial charge < -0.3 is 4.74 Å². The summed E-state index contributed by atoms with van der Waals surface area (Å²) in [5, 5.41) is 4.40. The summed E-state index contributed by atoms with van der Waals surface area (Å²) in [6.45, 7) is 9.06. The van der Waals surface area contributed by atoms with Gasteiger partial charge >= 0.3 is 5.97 Å². The molecule has 0 aliphatic rings. The van der Waals surface area contributed by atoms with E-state index in [1.54, 1.807) is 37.3 Å². The topological polar surface area (TPSA) is 78.3 Å². The first-order valence-electron chi connectivity index (χ1n) is 9.87. The fraction of sp³-hybridized carbons (Fsp3) is 0.250. The highest BCUT2D eigenvalue weighted by Crippen LogP contribution is 2.36. The van der Waals surface area contributed by atoms with Gasteiger partial charge in [-0.3, -0.25) is 0 Å². The average molecular weight is 439 g/mol. The lowest BCUT2D eigenvalue weighted by Crippen LogP contribution is -2.25. The highest BCUT2D eigenvalue weighted by Gasteiger charge is 2.34. The van der Waals surface area contributed by atoms with Crippen LogP contribution < -0.4 is 4.74 Å². The number of aromatic nitrogens is 2. The van der Waals surface area contributed by atoms with Crippen LogP contribution in [0.15, 0.2) is 70.5 Å². The molecule has 0 bridgehead atoms. The standard InChI is InChI=1S/C24H26N2O4S/c1-17-11-14-20(15-12-17)31(28,29)22-18(2)25-26(24(3,4)5)23(22)30-21(27)16-13-19-9-7-6-8-10-19/h6-16H,1-5H3. The molecule has 3 rings (SSSR count). The van der Waals surface area contributed by atoms with E-state index >= 15 is 0 Å². The van der Waals surface area contributed by atoms with Gasteiger partial charge in [-0.2, -0.15) is 5.10 Å². The van der Waals surface area contributed by atoms with Crippen LogP contribution >= 0.6 is 0 Å². The minimum Gasteiger partial charge on any atom is -0.403 e. The third kappa shape index (κ3) is 4.94. The molecule has 0 spiro atoms. The number of benzene rings is 2. The number of ether oxygens (including phenoxy) is 1. The zero-order valence-electron chi connectivity index (χ0n) is 18.3. The van der Waals surface area contributed by atoms with Crippen LogP contribution in [0.1, 0.15) is 37.6 Å². The van der Waals surface area contributed by atoms with Gasteiger partial charge in [0.1, 0.15) is 0 Å². The van der Waals surface area contributed by atoms with Crippen LogP contribution in [0, 0.1) is 13.8 Å². The molecule has 0 radical (unpaired) electrons. The Hall–Kier alpha value is -3.19. The smallest absolute Gasteiger partial charge is 0.337 e. The number of hydrogen-bond donors (Lipinski definition) is 0. The van der Waals surface area contributed by atoms with Crippen molar-refractivity contribution in [2.24, 2.45) is 0 Å². The molecule has 0 aliphatic carbocycles. The summed E-state index contributed by atoms with van der Waals surface area (Å²) in [5.74, 6) is -0.775. The van der Waals surface area contributed by atoms with Crippen LogP contribution in [-0.4, -0.2) is 24.2 Å². The van der Waals surface area contributed by atoms with Crippen molar-refractivity contribution in [1.82, 2.24) is 9.78 Å². The molecule has 0 aliphatic heterocycles. The first kappa shape index (κ1) is 22.5. The number of rotatable bonds is 5. The van der Waals surface area contributed by atoms with Crippen molar-refractivity contribution < 1.29 is 17.9 Å². The molecule has 1 heterocycles. The Kier molecular flexibility index (Phi) is 6.18. The molecule has 0 amide bonds. The van der Waals surface area contributed by atoms with Gasteiger partial charge in [0.05, 0.1) is 16.1 Å². The number of sulfone groups is 1. The van der Waals surface area contributed by atoms with Crippen LogP contribution in [0.25, 0.3) is 6.08 Å². The van der Waals surface area contributed by atoms with Crippen molar-refractivity contribution in [3.05, 3.63) is 77.5 Å². The second kappa shape index (κ2) is 8.51. The van der Waals surface area contributed by atoms with Crippen molar-refractivity contribution in [3.63, 3.8) is 0 Å². The summed E-state index contributed by atoms with van der Waals surface area (Å²) in [7, 11) is -3.95. The minimum absolute atomic E-state index is 0.0895. The zero-order valence-corrected chi connectivity index (χ0v) is 19.1. The lowest BCUT2D eigenvalue weighted by atomic mass is 10.1. The second-order valence-corrected chi connectivity index (χ2v) is 10.2. The normalized spacial score (nSPS) is 12.3. The SMILES string of the molecule is Cc1ccc(S(=O)(=O)c2c(C)nn(C(C)(C)C)c2OC(=O)C=Cc2ccccc2)cc1. The van der Waals surface area contributed by atoms with Crippen molar-refractivity contribution >= 4 is 21.9 Å². The first-order valence-corrected chi connectivity index (χ1v) is 11.4. The van der Waals surface area contributed by atoms with Crippen molar-refractivity contribution in [2.75, 3.05) is 0 Å². The number of esters is 1. The Balaban J connectivity index is 2.07. The van der Waals surface area contributed by atoms with Crippen LogP contribution in [0.4, 0.5) is 0 Å². The number of carbonyl (C=O) groups is 1. The maximum atomic E-state index is 13.4. The third-order valence-corrected chi connectivity index (χ3v) is 6.51. The van der Waals surface area contributed by atoms with Gasteiger partial charge in [0, 0.05) is 6.08 Å². The van der Waals surface area contributed by atoms with E-state index in [9.17, 15) is 13.2 Å². The third-order valence-electron chi connectivity index (χ3n) is 4.61. The van der Waals surface area contributed by atoms with E-state index < -0.39 is 21.3 Å². The summed E-state index contributed by atoms with van der Waals surface area (Å²) in [5.41, 5.74) is 1.43. The Morgan fingerprint density at radius 3 is 2.19 bits per heavy atom. The molecule has 3 aromatic rings. The summed E-state index contributed by atoms with van der Waals surface area (Å²) in [4.78, 5) is 12.6. The molecule has 0 unspecified atom stereocenters. The van der Waals surface area contributed by atoms with Gasteiger partial charge in [-0.25, -0.2) is 17.9 Å². The molecule has 0 N–H and O–H groups in total. The van der Waals surface area contributed by atoms with E-state index in [1.165, 1.54) is 10.8 Å². The predicted molar refractivity (Wildman–Crippen MR) is 120 cm³/mol. The van der Waals surface area contributed by atoms with Gasteiger partial charge in [0.15, 0.2) is 4.90 Å². The summed E-state index contributed by atoms with van der Waals surface area (Å²) >= 11 is 0. The fourth-order valence-electron chi connectivity index (χ4n) is 3.04. The van der Waals surface area contributed by atoms with Gasteiger partial charge in [0.2, 0.25) is 15.7 Å². The van der Waals surface area contributed by atoms with E-state index in [0.717, 1.165) is 11.1 Å². The monoisotopic (exact) mass is 438 g/mol. The quantitative estimate of drug-likeness (QED) is 0.426. The fourth-order valence-corrected chi connectivity index (χ4v) is 4.56. The highest BCUT2D eigenvalue weighted by molar-refractivity contribution is 7.91. The summed E-state index contributed by atoms with van der Waals surface area (Å²) in [6.07, 6.45) is 2.88.